The third-order valence-electron chi connectivity index (χ3n) is 4.44. The van der Waals surface area contributed by atoms with Crippen molar-refractivity contribution in [2.75, 3.05) is 23.7 Å². The van der Waals surface area contributed by atoms with Gasteiger partial charge in [-0.15, -0.1) is 0 Å². The van der Waals surface area contributed by atoms with Crippen LogP contribution in [0, 0.1) is 0 Å². The average Bonchev–Trinajstić information content (AvgIpc) is 3.24. The van der Waals surface area contributed by atoms with E-state index in [4.69, 9.17) is 0 Å². The molecule has 2 heteroatoms. The molecule has 2 heterocycles. The van der Waals surface area contributed by atoms with E-state index in [2.05, 4.69) is 71.3 Å². The van der Waals surface area contributed by atoms with Gasteiger partial charge in [-0.2, -0.15) is 0 Å². The van der Waals surface area contributed by atoms with Gasteiger partial charge in [-0.1, -0.05) is 54.6 Å². The van der Waals surface area contributed by atoms with Crippen molar-refractivity contribution in [2.45, 2.75) is 12.8 Å². The van der Waals surface area contributed by atoms with Crippen molar-refractivity contribution in [3.05, 3.63) is 71.8 Å². The molecule has 110 valence electrons. The van der Waals surface area contributed by atoms with Crippen molar-refractivity contribution in [3.63, 3.8) is 0 Å². The predicted octanol–water partition coefficient (Wildman–Crippen LogP) is 4.46. The molecule has 2 aliphatic heterocycles. The van der Waals surface area contributed by atoms with Gasteiger partial charge in [-0.05, 0) is 35.4 Å². The van der Waals surface area contributed by atoms with Crippen LogP contribution in [0.2, 0.25) is 0 Å². The van der Waals surface area contributed by atoms with Crippen LogP contribution >= 0.6 is 0 Å². The minimum atomic E-state index is 1.09. The van der Waals surface area contributed by atoms with Crippen molar-refractivity contribution in [1.82, 2.24) is 0 Å². The molecular weight excluding hydrogens is 268 g/mol. The molecule has 2 N–H and O–H groups in total. The fourth-order valence-corrected chi connectivity index (χ4v) is 3.30. The van der Waals surface area contributed by atoms with E-state index in [1.165, 1.54) is 46.1 Å². The summed E-state index contributed by atoms with van der Waals surface area (Å²) >= 11 is 0. The summed E-state index contributed by atoms with van der Waals surface area (Å²) in [4.78, 5) is 0. The normalized spacial score (nSPS) is 14.4. The summed E-state index contributed by atoms with van der Waals surface area (Å²) in [5.74, 6) is 0. The Morgan fingerprint density at radius 3 is 2.36 bits per heavy atom. The molecule has 0 spiro atoms. The molecule has 3 aromatic rings. The van der Waals surface area contributed by atoms with Crippen LogP contribution in [-0.4, -0.2) is 13.1 Å². The van der Waals surface area contributed by atoms with E-state index in [1.54, 1.807) is 0 Å². The van der Waals surface area contributed by atoms with Crippen molar-refractivity contribution < 1.29 is 0 Å². The van der Waals surface area contributed by atoms with Crippen LogP contribution in [0.1, 0.15) is 11.1 Å². The molecule has 2 nitrogen and oxygen atoms in total. The van der Waals surface area contributed by atoms with Gasteiger partial charge in [0.05, 0.1) is 0 Å². The summed E-state index contributed by atoms with van der Waals surface area (Å²) in [5, 5.41) is 9.43. The Balaban J connectivity index is 0.000000122. The summed E-state index contributed by atoms with van der Waals surface area (Å²) in [6, 6.07) is 21.4. The van der Waals surface area contributed by atoms with Crippen LogP contribution in [0.5, 0.6) is 0 Å². The number of nitrogens with one attached hydrogen (secondary N) is 2. The van der Waals surface area contributed by atoms with Crippen LogP contribution in [0.25, 0.3) is 10.8 Å². The largest absolute Gasteiger partial charge is 0.384 e. The van der Waals surface area contributed by atoms with Gasteiger partial charge in [0.1, 0.15) is 0 Å². The van der Waals surface area contributed by atoms with Crippen molar-refractivity contribution in [1.29, 1.82) is 0 Å². The maximum Gasteiger partial charge on any atom is 0.0453 e. The quantitative estimate of drug-likeness (QED) is 0.638. The molecule has 0 unspecified atom stereocenters. The third kappa shape index (κ3) is 2.41. The second-order valence-corrected chi connectivity index (χ2v) is 5.83. The molecule has 0 saturated carbocycles. The minimum Gasteiger partial charge on any atom is -0.384 e. The molecule has 0 radical (unpaired) electrons. The van der Waals surface area contributed by atoms with Gasteiger partial charge in [0, 0.05) is 29.9 Å². The van der Waals surface area contributed by atoms with Gasteiger partial charge in [-0.25, -0.2) is 0 Å². The second-order valence-electron chi connectivity index (χ2n) is 5.83. The zero-order valence-corrected chi connectivity index (χ0v) is 12.6. The number of hydrogen-bond donors (Lipinski definition) is 2. The summed E-state index contributed by atoms with van der Waals surface area (Å²) in [6.45, 7) is 2.20. The minimum absolute atomic E-state index is 1.09. The molecule has 0 fully saturated rings. The lowest BCUT2D eigenvalue weighted by Crippen LogP contribution is -1.91. The van der Waals surface area contributed by atoms with Crippen molar-refractivity contribution in [3.8, 4) is 0 Å². The van der Waals surface area contributed by atoms with Crippen molar-refractivity contribution >= 4 is 22.1 Å². The van der Waals surface area contributed by atoms with Crippen molar-refractivity contribution in [2.24, 2.45) is 0 Å². The first kappa shape index (κ1) is 13.2. The van der Waals surface area contributed by atoms with Gasteiger partial charge in [0.25, 0.3) is 0 Å². The number of rotatable bonds is 0. The fraction of sp³-hybridized carbons (Fsp3) is 0.200. The first-order valence-electron chi connectivity index (χ1n) is 7.98. The number of hydrogen-bond acceptors (Lipinski definition) is 2. The molecular formula is C20H20N2. The Bertz CT molecular complexity index is 785. The highest BCUT2D eigenvalue weighted by Crippen LogP contribution is 2.30. The molecule has 5 rings (SSSR count). The van der Waals surface area contributed by atoms with Gasteiger partial charge in [0.15, 0.2) is 0 Å². The molecule has 0 atom stereocenters. The summed E-state index contributed by atoms with van der Waals surface area (Å²) in [7, 11) is 0. The van der Waals surface area contributed by atoms with Crippen LogP contribution in [0.4, 0.5) is 11.4 Å². The summed E-state index contributed by atoms with van der Waals surface area (Å²) in [6.07, 6.45) is 2.36. The summed E-state index contributed by atoms with van der Waals surface area (Å²) in [5.41, 5.74) is 5.58. The zero-order valence-electron chi connectivity index (χ0n) is 12.6. The van der Waals surface area contributed by atoms with E-state index >= 15 is 0 Å². The molecule has 0 amide bonds. The SMILES string of the molecule is c1ccc2c(c1)CCN2.c1ccc2c3c(ccc2c1)CCN3. The Morgan fingerprint density at radius 1 is 0.636 bits per heavy atom. The first-order valence-corrected chi connectivity index (χ1v) is 7.98. The Morgan fingerprint density at radius 2 is 1.41 bits per heavy atom. The topological polar surface area (TPSA) is 24.1 Å². The Kier molecular flexibility index (Phi) is 3.43. The lowest BCUT2D eigenvalue weighted by Gasteiger charge is -2.04. The lowest BCUT2D eigenvalue weighted by molar-refractivity contribution is 1.11. The maximum atomic E-state index is 3.44. The maximum absolute atomic E-state index is 3.44. The van der Waals surface area contributed by atoms with Gasteiger partial charge in [-0.3, -0.25) is 0 Å². The molecule has 3 aromatic carbocycles. The molecule has 0 aromatic heterocycles. The molecule has 0 aliphatic carbocycles. The highest BCUT2D eigenvalue weighted by Gasteiger charge is 2.11. The van der Waals surface area contributed by atoms with E-state index in [0.717, 1.165) is 13.1 Å². The molecule has 0 bridgehead atoms. The monoisotopic (exact) mass is 288 g/mol. The molecule has 0 saturated heterocycles. The highest BCUT2D eigenvalue weighted by molar-refractivity contribution is 5.96. The highest BCUT2D eigenvalue weighted by atomic mass is 14.9. The van der Waals surface area contributed by atoms with E-state index in [9.17, 15) is 0 Å². The number of benzene rings is 3. The first-order chi connectivity index (χ1) is 10.9. The lowest BCUT2D eigenvalue weighted by atomic mass is 10.0. The van der Waals surface area contributed by atoms with Crippen LogP contribution in [0.15, 0.2) is 60.7 Å². The van der Waals surface area contributed by atoms with Gasteiger partial charge >= 0.3 is 0 Å². The second kappa shape index (κ2) is 5.72. The molecule has 22 heavy (non-hydrogen) atoms. The van der Waals surface area contributed by atoms with E-state index in [0.29, 0.717) is 0 Å². The van der Waals surface area contributed by atoms with E-state index in [-0.39, 0.29) is 0 Å². The standard InChI is InChI=1S/C12H11N.C8H9N/c1-2-4-11-9(3-1)5-6-10-7-8-13-12(10)11;1-2-4-8-7(3-1)5-6-9-8/h1-6,13H,7-8H2;1-4,9H,5-6H2. The third-order valence-corrected chi connectivity index (χ3v) is 4.44. The van der Waals surface area contributed by atoms with Gasteiger partial charge in [0.2, 0.25) is 0 Å². The molecule has 2 aliphatic rings. The smallest absolute Gasteiger partial charge is 0.0453 e. The van der Waals surface area contributed by atoms with E-state index < -0.39 is 0 Å². The van der Waals surface area contributed by atoms with Crippen LogP contribution < -0.4 is 10.6 Å². The number of anilines is 2. The number of para-hydroxylation sites is 1. The summed E-state index contributed by atoms with van der Waals surface area (Å²) < 4.78 is 0. The Hall–Kier alpha value is -2.48. The zero-order chi connectivity index (χ0) is 14.8. The van der Waals surface area contributed by atoms with E-state index in [1.807, 2.05) is 0 Å². The fourth-order valence-electron chi connectivity index (χ4n) is 3.30. The van der Waals surface area contributed by atoms with Gasteiger partial charge < -0.3 is 10.6 Å². The predicted molar refractivity (Wildman–Crippen MR) is 94.8 cm³/mol. The number of fused-ring (bicyclic) bond motifs is 4. The average molecular weight is 288 g/mol. The Labute approximate surface area is 131 Å². The van der Waals surface area contributed by atoms with Crippen LogP contribution in [-0.2, 0) is 12.8 Å². The van der Waals surface area contributed by atoms with Crippen LogP contribution in [0.3, 0.4) is 0 Å².